The predicted octanol–water partition coefficient (Wildman–Crippen LogP) is 1.70. The van der Waals surface area contributed by atoms with Crippen LogP contribution in [0.1, 0.15) is 36.0 Å². The van der Waals surface area contributed by atoms with E-state index >= 15 is 0 Å². The van der Waals surface area contributed by atoms with Gasteiger partial charge in [0.2, 0.25) is 5.96 Å². The lowest BCUT2D eigenvalue weighted by molar-refractivity contribution is -0.727. The van der Waals surface area contributed by atoms with Gasteiger partial charge in [-0.15, -0.1) is 0 Å². The Kier molecular flexibility index (Phi) is 27.8. The molecule has 0 fully saturated rings. The molecule has 0 aliphatic carbocycles. The molecule has 0 amide bonds. The molecule has 0 radical (unpaired) electrons. The van der Waals surface area contributed by atoms with Crippen LogP contribution in [0.4, 0.5) is 10.5 Å². The van der Waals surface area contributed by atoms with Crippen LogP contribution in [0.5, 0.6) is 5.75 Å². The number of aromatic carboxylic acids is 1. The molecule has 0 aliphatic heterocycles. The summed E-state index contributed by atoms with van der Waals surface area (Å²) in [7, 11) is 1.62. The third-order valence-electron chi connectivity index (χ3n) is 6.60. The zero-order chi connectivity index (χ0) is 38.2. The number of carbonyl (C=O) groups excluding carboxylic acids is 1. The molecule has 3 rings (SSSR count). The van der Waals surface area contributed by atoms with E-state index < -0.39 is 12.1 Å². The van der Waals surface area contributed by atoms with Crippen LogP contribution in [0.15, 0.2) is 78.3 Å². The molecule has 3 aromatic rings. The molecule has 2 aromatic heterocycles. The topological polar surface area (TPSA) is 196 Å². The summed E-state index contributed by atoms with van der Waals surface area (Å²) in [6, 6.07) is 13.9. The quantitative estimate of drug-likeness (QED) is 0.0226. The minimum absolute atomic E-state index is 0. The van der Waals surface area contributed by atoms with Crippen molar-refractivity contribution in [2.24, 2.45) is 4.99 Å². The number of anilines is 1. The van der Waals surface area contributed by atoms with E-state index in [0.717, 1.165) is 31.4 Å². The number of carboxylic acids is 1. The van der Waals surface area contributed by atoms with Crippen molar-refractivity contribution in [1.82, 2.24) is 10.3 Å². The fourth-order valence-electron chi connectivity index (χ4n) is 3.93. The van der Waals surface area contributed by atoms with Crippen LogP contribution in [-0.2, 0) is 35.2 Å². The van der Waals surface area contributed by atoms with Crippen LogP contribution >= 0.6 is 11.6 Å². The van der Waals surface area contributed by atoms with E-state index in [1.807, 2.05) is 18.3 Å². The van der Waals surface area contributed by atoms with Gasteiger partial charge in [0.05, 0.1) is 64.1 Å². The Bertz CT molecular complexity index is 1480. The van der Waals surface area contributed by atoms with Gasteiger partial charge < -0.3 is 56.0 Å². The molecule has 3 N–H and O–H groups in total. The second kappa shape index (κ2) is 31.7. The lowest BCUT2D eigenvalue weighted by Crippen LogP contribution is -3.00. The Morgan fingerprint density at radius 2 is 1.52 bits per heavy atom. The summed E-state index contributed by atoms with van der Waals surface area (Å²) >= 11 is 5.88. The van der Waals surface area contributed by atoms with Crippen molar-refractivity contribution in [3.63, 3.8) is 0 Å². The third kappa shape index (κ3) is 24.5. The van der Waals surface area contributed by atoms with Gasteiger partial charge in [0, 0.05) is 43.2 Å². The Hall–Kier alpha value is -4.76. The number of unbranched alkanes of at least 4 members (excludes halogenated alkanes) is 3. The van der Waals surface area contributed by atoms with E-state index in [-0.39, 0.29) is 37.9 Å². The number of pyridine rings is 2. The van der Waals surface area contributed by atoms with Crippen molar-refractivity contribution < 1.29 is 64.8 Å². The summed E-state index contributed by atoms with van der Waals surface area (Å²) in [5.41, 5.74) is 0.932. The van der Waals surface area contributed by atoms with Crippen LogP contribution < -0.4 is 32.3 Å². The van der Waals surface area contributed by atoms with Gasteiger partial charge in [-0.2, -0.15) is 9.83 Å². The van der Waals surface area contributed by atoms with Gasteiger partial charge in [0.15, 0.2) is 18.6 Å². The van der Waals surface area contributed by atoms with Gasteiger partial charge in [0.1, 0.15) is 12.4 Å². The number of hydrogen-bond acceptors (Lipinski definition) is 12. The molecule has 0 aliphatic rings. The zero-order valence-electron chi connectivity index (χ0n) is 30.2. The van der Waals surface area contributed by atoms with E-state index in [1.54, 1.807) is 54.4 Å². The van der Waals surface area contributed by atoms with Gasteiger partial charge >= 0.3 is 12.1 Å². The SMILES string of the molecule is COCCOCCOCCOCCOC(=O)OC[n+]1ccc(NC(=NCCCCCCOc2ccc(Cl)cc2)NC#N)cc1.O=C(O)c1cccnc1.[Cl-]. The Balaban J connectivity index is 0.00000127. The molecule has 0 saturated heterocycles. The molecule has 1 aromatic carbocycles. The molecule has 2 heterocycles. The number of methoxy groups -OCH3 is 1. The first kappa shape index (κ1) is 47.3. The molecule has 16 nitrogen and oxygen atoms in total. The number of hydrogen-bond donors (Lipinski definition) is 3. The maximum absolute atomic E-state index is 11.8. The van der Waals surface area contributed by atoms with E-state index in [1.165, 1.54) is 18.5 Å². The van der Waals surface area contributed by atoms with Crippen LogP contribution in [0.25, 0.3) is 0 Å². The number of nitrogens with zero attached hydrogens (tertiary/aromatic N) is 4. The molecule has 0 unspecified atom stereocenters. The number of ether oxygens (including phenoxy) is 7. The number of aliphatic imine (C=N–C) groups is 1. The van der Waals surface area contributed by atoms with Gasteiger partial charge in [-0.1, -0.05) is 18.0 Å². The monoisotopic (exact) mass is 794 g/mol. The molecule has 18 heteroatoms. The first-order chi connectivity index (χ1) is 25.9. The van der Waals surface area contributed by atoms with Gasteiger partial charge in [-0.05, 0) is 55.7 Å². The standard InChI is InChI=1S/C30H42ClN5O8.C6H5NO2.ClH/c1-38-16-17-39-18-19-40-20-21-41-22-23-43-30(37)44-25-36-13-10-27(11-14-36)35-29(34-24-32)33-12-4-2-3-5-15-42-28-8-6-26(31)7-9-28;8-6(9)5-2-1-3-7-4-5;/h6-11,13-14H,2-5,12,15-23,25H2,1H3,(H,33,34);1-4H,(H,8,9);1H. The number of nitrogens with one attached hydrogen (secondary N) is 2. The van der Waals surface area contributed by atoms with Crippen LogP contribution in [-0.4, -0.2) is 101 Å². The minimum atomic E-state index is -0.942. The lowest BCUT2D eigenvalue weighted by atomic mass is 10.2. The summed E-state index contributed by atoms with van der Waals surface area (Å²) in [5.74, 6) is 0.228. The number of nitriles is 1. The smallest absolute Gasteiger partial charge is 0.513 e. The normalized spacial score (nSPS) is 10.5. The molecule has 0 spiro atoms. The highest BCUT2D eigenvalue weighted by Gasteiger charge is 2.09. The van der Waals surface area contributed by atoms with Crippen molar-refractivity contribution in [1.29, 1.82) is 5.26 Å². The summed E-state index contributed by atoms with van der Waals surface area (Å²) in [6.07, 6.45) is 11.2. The summed E-state index contributed by atoms with van der Waals surface area (Å²) in [4.78, 5) is 30.0. The van der Waals surface area contributed by atoms with Crippen molar-refractivity contribution in [3.05, 3.63) is 83.9 Å². The van der Waals surface area contributed by atoms with Gasteiger partial charge in [-0.3, -0.25) is 15.3 Å². The Labute approximate surface area is 326 Å². The van der Waals surface area contributed by atoms with Crippen molar-refractivity contribution in [3.8, 4) is 11.9 Å². The van der Waals surface area contributed by atoms with E-state index in [4.69, 9.17) is 55.1 Å². The highest BCUT2D eigenvalue weighted by atomic mass is 35.5. The van der Waals surface area contributed by atoms with Gasteiger partial charge in [-0.25, -0.2) is 9.59 Å². The van der Waals surface area contributed by atoms with Crippen molar-refractivity contribution >= 4 is 35.4 Å². The third-order valence-corrected chi connectivity index (χ3v) is 6.85. The van der Waals surface area contributed by atoms with Crippen LogP contribution in [0.2, 0.25) is 5.02 Å². The number of guanidine groups is 1. The fraction of sp³-hybridized carbons (Fsp3) is 0.444. The zero-order valence-corrected chi connectivity index (χ0v) is 31.7. The number of halogens is 2. The van der Waals surface area contributed by atoms with E-state index in [9.17, 15) is 9.59 Å². The van der Waals surface area contributed by atoms with Crippen molar-refractivity contribution in [2.75, 3.05) is 78.4 Å². The average Bonchev–Trinajstić information content (AvgIpc) is 3.17. The second-order valence-electron chi connectivity index (χ2n) is 10.7. The van der Waals surface area contributed by atoms with E-state index in [2.05, 4.69) is 20.6 Å². The van der Waals surface area contributed by atoms with E-state index in [0.29, 0.717) is 69.5 Å². The highest BCUT2D eigenvalue weighted by molar-refractivity contribution is 6.30. The highest BCUT2D eigenvalue weighted by Crippen LogP contribution is 2.16. The minimum Gasteiger partial charge on any atom is -1.00 e. The molecule has 296 valence electrons. The van der Waals surface area contributed by atoms with Crippen LogP contribution in [0.3, 0.4) is 0 Å². The number of carboxylic acid groups (broad SMARTS) is 1. The number of carbonyl (C=O) groups is 2. The summed E-state index contributed by atoms with van der Waals surface area (Å²) in [5, 5.41) is 23.7. The number of rotatable bonds is 24. The fourth-order valence-corrected chi connectivity index (χ4v) is 4.06. The Morgan fingerprint density at radius 1 is 0.870 bits per heavy atom. The maximum Gasteiger partial charge on any atom is 0.513 e. The number of benzene rings is 1. The first-order valence-electron chi connectivity index (χ1n) is 16.9. The Morgan fingerprint density at radius 3 is 2.11 bits per heavy atom. The second-order valence-corrected chi connectivity index (χ2v) is 11.1. The lowest BCUT2D eigenvalue weighted by Gasteiger charge is -2.08. The summed E-state index contributed by atoms with van der Waals surface area (Å²) < 4.78 is 38.3. The van der Waals surface area contributed by atoms with Crippen LogP contribution in [0, 0.1) is 11.5 Å². The number of aromatic nitrogens is 2. The maximum atomic E-state index is 11.8. The molecule has 0 saturated carbocycles. The molecule has 54 heavy (non-hydrogen) atoms. The van der Waals surface area contributed by atoms with Crippen molar-refractivity contribution in [2.45, 2.75) is 32.4 Å². The largest absolute Gasteiger partial charge is 1.00 e. The molecule has 0 atom stereocenters. The first-order valence-corrected chi connectivity index (χ1v) is 17.3. The molecule has 0 bridgehead atoms. The predicted molar refractivity (Wildman–Crippen MR) is 195 cm³/mol. The van der Waals surface area contributed by atoms with Gasteiger partial charge in [0.25, 0.3) is 6.73 Å². The molecular formula is C36H48Cl2N6O10. The average molecular weight is 796 g/mol. The summed E-state index contributed by atoms with van der Waals surface area (Å²) in [6.45, 7) is 4.35. The molecular weight excluding hydrogens is 747 g/mol.